The zero-order chi connectivity index (χ0) is 15.1. The highest BCUT2D eigenvalue weighted by molar-refractivity contribution is 7.11. The van der Waals surface area contributed by atoms with Crippen LogP contribution in [0.3, 0.4) is 0 Å². The number of carbonyl (C=O) groups is 1. The van der Waals surface area contributed by atoms with E-state index < -0.39 is 0 Å². The first kappa shape index (κ1) is 13.3. The third-order valence-corrected chi connectivity index (χ3v) is 4.95. The first-order valence-electron chi connectivity index (χ1n) is 7.17. The van der Waals surface area contributed by atoms with Crippen LogP contribution in [-0.2, 0) is 13.1 Å². The minimum atomic E-state index is 0.117. The highest BCUT2D eigenvalue weighted by Gasteiger charge is 2.27. The number of carbonyl (C=O) groups excluding carboxylic acids is 1. The zero-order valence-electron chi connectivity index (χ0n) is 12.2. The van der Waals surface area contributed by atoms with Gasteiger partial charge >= 0.3 is 0 Å². The molecular weight excluding hydrogens is 294 g/mol. The van der Waals surface area contributed by atoms with Crippen molar-refractivity contribution >= 4 is 17.2 Å². The number of hydrogen-bond donors (Lipinski definition) is 1. The van der Waals surface area contributed by atoms with Crippen molar-refractivity contribution in [1.29, 1.82) is 0 Å². The van der Waals surface area contributed by atoms with Gasteiger partial charge in [-0.05, 0) is 36.2 Å². The van der Waals surface area contributed by atoms with Crippen LogP contribution in [0.5, 0.6) is 0 Å². The van der Waals surface area contributed by atoms with Crippen molar-refractivity contribution in [2.24, 2.45) is 0 Å². The van der Waals surface area contributed by atoms with Crippen molar-refractivity contribution in [3.8, 4) is 11.1 Å². The average Bonchev–Trinajstić information content (AvgIpc) is 3.22. The van der Waals surface area contributed by atoms with Crippen LogP contribution < -0.4 is 0 Å². The van der Waals surface area contributed by atoms with E-state index >= 15 is 0 Å². The molecule has 0 radical (unpaired) electrons. The topological polar surface area (TPSA) is 49.0 Å². The van der Waals surface area contributed by atoms with Gasteiger partial charge in [-0.3, -0.25) is 9.89 Å². The van der Waals surface area contributed by atoms with Crippen LogP contribution in [0.4, 0.5) is 0 Å². The van der Waals surface area contributed by atoms with Crippen LogP contribution in [0, 0.1) is 6.92 Å². The molecule has 110 valence electrons. The molecule has 1 aliphatic heterocycles. The van der Waals surface area contributed by atoms with Crippen LogP contribution in [0.25, 0.3) is 11.1 Å². The molecule has 4 rings (SSSR count). The third-order valence-electron chi connectivity index (χ3n) is 3.96. The lowest BCUT2D eigenvalue weighted by Crippen LogP contribution is -2.22. The maximum Gasteiger partial charge on any atom is 0.254 e. The van der Waals surface area contributed by atoms with Gasteiger partial charge in [0.2, 0.25) is 0 Å². The van der Waals surface area contributed by atoms with E-state index in [1.807, 2.05) is 17.2 Å². The van der Waals surface area contributed by atoms with Gasteiger partial charge < -0.3 is 4.90 Å². The first-order valence-corrected chi connectivity index (χ1v) is 7.99. The minimum Gasteiger partial charge on any atom is -0.329 e. The van der Waals surface area contributed by atoms with E-state index in [-0.39, 0.29) is 5.91 Å². The van der Waals surface area contributed by atoms with Gasteiger partial charge in [-0.15, -0.1) is 11.3 Å². The molecule has 0 saturated heterocycles. The number of benzene rings is 1. The lowest BCUT2D eigenvalue weighted by molar-refractivity contribution is 0.0768. The van der Waals surface area contributed by atoms with Crippen LogP contribution in [0.15, 0.2) is 42.7 Å². The van der Waals surface area contributed by atoms with Gasteiger partial charge in [-0.1, -0.05) is 12.1 Å². The molecular formula is C17H15N3OS. The Kier molecular flexibility index (Phi) is 3.08. The number of H-pyrrole nitrogens is 1. The fourth-order valence-corrected chi connectivity index (χ4v) is 3.74. The van der Waals surface area contributed by atoms with Crippen LogP contribution in [-0.4, -0.2) is 21.0 Å². The van der Waals surface area contributed by atoms with Crippen molar-refractivity contribution in [3.05, 3.63) is 63.6 Å². The number of rotatable bonds is 3. The molecule has 0 bridgehead atoms. The van der Waals surface area contributed by atoms with Gasteiger partial charge in [0.05, 0.1) is 12.7 Å². The quantitative estimate of drug-likeness (QED) is 0.803. The predicted octanol–water partition coefficient (Wildman–Crippen LogP) is 3.60. The van der Waals surface area contributed by atoms with Crippen molar-refractivity contribution in [1.82, 2.24) is 15.1 Å². The molecule has 1 N–H and O–H groups in total. The summed E-state index contributed by atoms with van der Waals surface area (Å²) in [5.41, 5.74) is 3.94. The van der Waals surface area contributed by atoms with Gasteiger partial charge in [-0.2, -0.15) is 5.10 Å². The Morgan fingerprint density at radius 2 is 2.18 bits per heavy atom. The summed E-state index contributed by atoms with van der Waals surface area (Å²) in [6.07, 6.45) is 3.61. The summed E-state index contributed by atoms with van der Waals surface area (Å²) in [7, 11) is 0. The van der Waals surface area contributed by atoms with E-state index in [4.69, 9.17) is 0 Å². The molecule has 2 aromatic heterocycles. The summed E-state index contributed by atoms with van der Waals surface area (Å²) >= 11 is 1.75. The fraction of sp³-hybridized carbons (Fsp3) is 0.176. The molecule has 5 heteroatoms. The second-order valence-electron chi connectivity index (χ2n) is 5.53. The Morgan fingerprint density at radius 3 is 2.91 bits per heavy atom. The van der Waals surface area contributed by atoms with E-state index in [2.05, 4.69) is 41.4 Å². The highest BCUT2D eigenvalue weighted by Crippen LogP contribution is 2.30. The molecule has 4 nitrogen and oxygen atoms in total. The molecule has 0 saturated carbocycles. The Hall–Kier alpha value is -2.40. The average molecular weight is 309 g/mol. The van der Waals surface area contributed by atoms with Gasteiger partial charge in [-0.25, -0.2) is 0 Å². The Balaban J connectivity index is 1.61. The van der Waals surface area contributed by atoms with Gasteiger partial charge in [0, 0.05) is 33.6 Å². The Bertz CT molecular complexity index is 835. The predicted molar refractivity (Wildman–Crippen MR) is 86.7 cm³/mol. The third kappa shape index (κ3) is 2.23. The normalized spacial score (nSPS) is 13.7. The minimum absolute atomic E-state index is 0.117. The summed E-state index contributed by atoms with van der Waals surface area (Å²) in [5, 5.41) is 6.77. The SMILES string of the molecule is Cc1ccc(CN2Cc3ccc(-c4cn[nH]c4)cc3C2=O)s1. The first-order chi connectivity index (χ1) is 10.7. The maximum atomic E-state index is 12.6. The number of aryl methyl sites for hydroxylation is 1. The number of fused-ring (bicyclic) bond motifs is 1. The van der Waals surface area contributed by atoms with Crippen molar-refractivity contribution < 1.29 is 4.79 Å². The molecule has 3 aromatic rings. The smallest absolute Gasteiger partial charge is 0.254 e. The number of nitrogens with zero attached hydrogens (tertiary/aromatic N) is 2. The van der Waals surface area contributed by atoms with E-state index in [0.29, 0.717) is 13.1 Å². The molecule has 1 amide bonds. The summed E-state index contributed by atoms with van der Waals surface area (Å²) in [4.78, 5) is 17.1. The second-order valence-corrected chi connectivity index (χ2v) is 6.90. The molecule has 0 spiro atoms. The molecule has 0 atom stereocenters. The molecule has 0 aliphatic carbocycles. The molecule has 0 unspecified atom stereocenters. The fourth-order valence-electron chi connectivity index (χ4n) is 2.84. The summed E-state index contributed by atoms with van der Waals surface area (Å²) < 4.78 is 0. The second kappa shape index (κ2) is 5.10. The summed E-state index contributed by atoms with van der Waals surface area (Å²) in [6.45, 7) is 3.47. The summed E-state index contributed by atoms with van der Waals surface area (Å²) in [5.74, 6) is 0.117. The van der Waals surface area contributed by atoms with Crippen LogP contribution in [0.1, 0.15) is 25.7 Å². The van der Waals surface area contributed by atoms with Crippen LogP contribution in [0.2, 0.25) is 0 Å². The van der Waals surface area contributed by atoms with E-state index in [1.165, 1.54) is 9.75 Å². The van der Waals surface area contributed by atoms with Gasteiger partial charge in [0.25, 0.3) is 5.91 Å². The number of aromatic amines is 1. The van der Waals surface area contributed by atoms with E-state index in [0.717, 1.165) is 22.3 Å². The Labute approximate surface area is 132 Å². The van der Waals surface area contributed by atoms with Crippen LogP contribution >= 0.6 is 11.3 Å². The number of aromatic nitrogens is 2. The number of hydrogen-bond acceptors (Lipinski definition) is 3. The maximum absolute atomic E-state index is 12.6. The zero-order valence-corrected chi connectivity index (χ0v) is 13.0. The van der Waals surface area contributed by atoms with Crippen molar-refractivity contribution in [2.75, 3.05) is 0 Å². The summed E-state index contributed by atoms with van der Waals surface area (Å²) in [6, 6.07) is 10.3. The van der Waals surface area contributed by atoms with Crippen molar-refractivity contribution in [3.63, 3.8) is 0 Å². The van der Waals surface area contributed by atoms with Crippen molar-refractivity contribution in [2.45, 2.75) is 20.0 Å². The van der Waals surface area contributed by atoms with E-state index in [1.54, 1.807) is 17.5 Å². The lowest BCUT2D eigenvalue weighted by atomic mass is 10.0. The Morgan fingerprint density at radius 1 is 1.27 bits per heavy atom. The molecule has 3 heterocycles. The monoisotopic (exact) mass is 309 g/mol. The van der Waals surface area contributed by atoms with E-state index in [9.17, 15) is 4.79 Å². The molecule has 1 aromatic carbocycles. The number of nitrogens with one attached hydrogen (secondary N) is 1. The lowest BCUT2D eigenvalue weighted by Gasteiger charge is -2.13. The van der Waals surface area contributed by atoms with Gasteiger partial charge in [0.15, 0.2) is 0 Å². The molecule has 22 heavy (non-hydrogen) atoms. The number of amides is 1. The van der Waals surface area contributed by atoms with Gasteiger partial charge in [0.1, 0.15) is 0 Å². The molecule has 1 aliphatic rings. The standard InChI is InChI=1S/C17H15N3OS/c1-11-2-5-15(22-11)10-20-9-13-4-3-12(6-16(13)17(20)21)14-7-18-19-8-14/h2-8H,9-10H2,1H3,(H,18,19). The molecule has 0 fully saturated rings. The highest BCUT2D eigenvalue weighted by atomic mass is 32.1. The largest absolute Gasteiger partial charge is 0.329 e. The number of thiophene rings is 1.